The summed E-state index contributed by atoms with van der Waals surface area (Å²) in [7, 11) is 0. The van der Waals surface area contributed by atoms with Crippen LogP contribution in [0.4, 0.5) is 17.6 Å². The van der Waals surface area contributed by atoms with Crippen LogP contribution in [0, 0.1) is 11.6 Å². The number of aryl methyl sites for hydroxylation is 1. The molecule has 0 saturated heterocycles. The van der Waals surface area contributed by atoms with Gasteiger partial charge in [-0.3, -0.25) is 0 Å². The molecule has 0 atom stereocenters. The van der Waals surface area contributed by atoms with E-state index in [1.165, 1.54) is 24.3 Å². The molecule has 0 aromatic heterocycles. The highest BCUT2D eigenvalue weighted by molar-refractivity contribution is 5.48. The molecule has 134 valence electrons. The van der Waals surface area contributed by atoms with Crippen LogP contribution in [0.15, 0.2) is 43.0 Å². The highest BCUT2D eigenvalue weighted by atomic mass is 19.3. The second-order valence-electron chi connectivity index (χ2n) is 5.30. The third kappa shape index (κ3) is 4.98. The van der Waals surface area contributed by atoms with Gasteiger partial charge in [-0.2, -0.15) is 13.2 Å². The van der Waals surface area contributed by atoms with Crippen LogP contribution in [0.3, 0.4) is 0 Å². The van der Waals surface area contributed by atoms with Gasteiger partial charge in [0.15, 0.2) is 11.6 Å². The highest BCUT2D eigenvalue weighted by Crippen LogP contribution is 2.29. The number of hydrogen-bond donors (Lipinski definition) is 0. The predicted octanol–water partition coefficient (Wildman–Crippen LogP) is 5.61. The Kier molecular flexibility index (Phi) is 6.07. The van der Waals surface area contributed by atoms with Crippen molar-refractivity contribution in [3.05, 3.63) is 65.7 Å². The summed E-state index contributed by atoms with van der Waals surface area (Å²) < 4.78 is 65.1. The molecule has 0 aliphatic carbocycles. The molecule has 0 amide bonds. The molecule has 0 bridgehead atoms. The van der Waals surface area contributed by atoms with Crippen LogP contribution in [-0.4, -0.2) is 12.7 Å². The van der Waals surface area contributed by atoms with Gasteiger partial charge in [-0.25, -0.2) is 4.39 Å². The minimum absolute atomic E-state index is 0.0195. The summed E-state index contributed by atoms with van der Waals surface area (Å²) in [6.45, 7) is 5.37. The van der Waals surface area contributed by atoms with Crippen LogP contribution in [0.1, 0.15) is 24.5 Å². The zero-order chi connectivity index (χ0) is 18.4. The number of hydrogen-bond acceptors (Lipinski definition) is 2. The maximum Gasteiger partial charge on any atom is 0.398 e. The van der Waals surface area contributed by atoms with Crippen molar-refractivity contribution in [2.24, 2.45) is 0 Å². The van der Waals surface area contributed by atoms with E-state index >= 15 is 0 Å². The van der Waals surface area contributed by atoms with E-state index < -0.39 is 24.2 Å². The molecule has 0 aliphatic rings. The fourth-order valence-electron chi connectivity index (χ4n) is 2.21. The van der Waals surface area contributed by atoms with E-state index in [4.69, 9.17) is 4.74 Å². The maximum absolute atomic E-state index is 13.9. The number of halogens is 4. The molecule has 0 aliphatic heterocycles. The van der Waals surface area contributed by atoms with Gasteiger partial charge in [-0.15, -0.1) is 0 Å². The summed E-state index contributed by atoms with van der Waals surface area (Å²) in [5.41, 5.74) is 0.605. The first-order valence-corrected chi connectivity index (χ1v) is 7.75. The van der Waals surface area contributed by atoms with Crippen molar-refractivity contribution in [2.45, 2.75) is 25.9 Å². The van der Waals surface area contributed by atoms with E-state index in [0.717, 1.165) is 5.56 Å². The third-order valence-corrected chi connectivity index (χ3v) is 3.50. The first kappa shape index (κ1) is 18.8. The first-order valence-electron chi connectivity index (χ1n) is 7.75. The summed E-state index contributed by atoms with van der Waals surface area (Å²) in [6, 6.07) is 8.41. The second kappa shape index (κ2) is 8.05. The Balaban J connectivity index is 2.03. The zero-order valence-corrected chi connectivity index (χ0v) is 13.7. The van der Waals surface area contributed by atoms with Gasteiger partial charge in [-0.05, 0) is 42.7 Å². The van der Waals surface area contributed by atoms with Crippen molar-refractivity contribution >= 4 is 6.08 Å². The van der Waals surface area contributed by atoms with E-state index in [1.54, 1.807) is 25.1 Å². The lowest BCUT2D eigenvalue weighted by Crippen LogP contribution is -2.25. The molecule has 0 unspecified atom stereocenters. The average Bonchev–Trinajstić information content (AvgIpc) is 2.59. The van der Waals surface area contributed by atoms with Gasteiger partial charge in [0.25, 0.3) is 0 Å². The molecule has 0 heterocycles. The summed E-state index contributed by atoms with van der Waals surface area (Å²) in [5, 5.41) is 0. The topological polar surface area (TPSA) is 18.5 Å². The largest absolute Gasteiger partial charge is 0.491 e. The summed E-state index contributed by atoms with van der Waals surface area (Å²) >= 11 is 0. The monoisotopic (exact) mass is 354 g/mol. The molecule has 0 spiro atoms. The van der Waals surface area contributed by atoms with Crippen molar-refractivity contribution in [1.82, 2.24) is 0 Å². The van der Waals surface area contributed by atoms with Crippen molar-refractivity contribution in [3.63, 3.8) is 0 Å². The molecule has 2 aromatic rings. The lowest BCUT2D eigenvalue weighted by atomic mass is 10.1. The maximum atomic E-state index is 13.9. The summed E-state index contributed by atoms with van der Waals surface area (Å²) in [5.74, 6) is -2.62. The van der Waals surface area contributed by atoms with Crippen molar-refractivity contribution < 1.29 is 27.0 Å². The molecule has 25 heavy (non-hydrogen) atoms. The summed E-state index contributed by atoms with van der Waals surface area (Å²) in [4.78, 5) is 0. The minimum Gasteiger partial charge on any atom is -0.491 e. The van der Waals surface area contributed by atoms with Gasteiger partial charge < -0.3 is 9.47 Å². The van der Waals surface area contributed by atoms with E-state index in [1.807, 2.05) is 0 Å². The minimum atomic E-state index is -3.52. The van der Waals surface area contributed by atoms with E-state index in [9.17, 15) is 17.6 Å². The van der Waals surface area contributed by atoms with Gasteiger partial charge in [0.1, 0.15) is 5.75 Å². The SMILES string of the molecule is C=Cc1ccc(OC(F)(F)CCc2ccc(OCC)c(F)c2F)cc1. The third-order valence-electron chi connectivity index (χ3n) is 3.50. The molecule has 0 saturated carbocycles. The Bertz CT molecular complexity index is 727. The molecular formula is C19H18F4O2. The van der Waals surface area contributed by atoms with Gasteiger partial charge in [0.05, 0.1) is 13.0 Å². The molecule has 0 fully saturated rings. The molecular weight excluding hydrogens is 336 g/mol. The Morgan fingerprint density at radius 3 is 2.32 bits per heavy atom. The molecule has 2 aromatic carbocycles. The van der Waals surface area contributed by atoms with Crippen LogP contribution in [-0.2, 0) is 6.42 Å². The first-order chi connectivity index (χ1) is 11.9. The van der Waals surface area contributed by atoms with Gasteiger partial charge >= 0.3 is 6.11 Å². The Hall–Kier alpha value is -2.50. The highest BCUT2D eigenvalue weighted by Gasteiger charge is 2.32. The quantitative estimate of drug-likeness (QED) is 0.574. The lowest BCUT2D eigenvalue weighted by Gasteiger charge is -2.18. The van der Waals surface area contributed by atoms with Crippen LogP contribution in [0.25, 0.3) is 6.08 Å². The van der Waals surface area contributed by atoms with Crippen molar-refractivity contribution in [2.75, 3.05) is 6.61 Å². The smallest absolute Gasteiger partial charge is 0.398 e. The predicted molar refractivity (Wildman–Crippen MR) is 88.0 cm³/mol. The number of ether oxygens (including phenoxy) is 2. The molecule has 6 heteroatoms. The van der Waals surface area contributed by atoms with E-state index in [0.29, 0.717) is 0 Å². The van der Waals surface area contributed by atoms with E-state index in [2.05, 4.69) is 11.3 Å². The average molecular weight is 354 g/mol. The van der Waals surface area contributed by atoms with Crippen molar-refractivity contribution in [1.29, 1.82) is 0 Å². The molecule has 0 N–H and O–H groups in total. The van der Waals surface area contributed by atoms with Gasteiger partial charge in [0, 0.05) is 0 Å². The Morgan fingerprint density at radius 1 is 1.04 bits per heavy atom. The van der Waals surface area contributed by atoms with Crippen LogP contribution in [0.2, 0.25) is 0 Å². The second-order valence-corrected chi connectivity index (χ2v) is 5.30. The standard InChI is InChI=1S/C19H18F4O2/c1-3-13-5-8-15(9-6-13)25-19(22,23)12-11-14-7-10-16(24-4-2)18(21)17(14)20/h3,5-10H,1,4,11-12H2,2H3. The lowest BCUT2D eigenvalue weighted by molar-refractivity contribution is -0.180. The van der Waals surface area contributed by atoms with Crippen LogP contribution >= 0.6 is 0 Å². The number of benzene rings is 2. The van der Waals surface area contributed by atoms with Crippen LogP contribution in [0.5, 0.6) is 11.5 Å². The Morgan fingerprint density at radius 2 is 1.72 bits per heavy atom. The molecule has 2 rings (SSSR count). The Labute approximate surface area is 143 Å². The molecule has 0 radical (unpaired) electrons. The molecule has 2 nitrogen and oxygen atoms in total. The summed E-state index contributed by atoms with van der Waals surface area (Å²) in [6.07, 6.45) is -3.12. The number of alkyl halides is 2. The van der Waals surface area contributed by atoms with E-state index in [-0.39, 0.29) is 30.1 Å². The fraction of sp³-hybridized carbons (Fsp3) is 0.263. The zero-order valence-electron chi connectivity index (χ0n) is 13.7. The fourth-order valence-corrected chi connectivity index (χ4v) is 2.21. The van der Waals surface area contributed by atoms with Crippen molar-refractivity contribution in [3.8, 4) is 11.5 Å². The van der Waals surface area contributed by atoms with Gasteiger partial charge in [-0.1, -0.05) is 30.9 Å². The normalized spacial score (nSPS) is 11.2. The number of rotatable bonds is 8. The van der Waals surface area contributed by atoms with Crippen LogP contribution < -0.4 is 9.47 Å². The van der Waals surface area contributed by atoms with Gasteiger partial charge in [0.2, 0.25) is 5.82 Å².